The third-order valence-electron chi connectivity index (χ3n) is 5.29. The summed E-state index contributed by atoms with van der Waals surface area (Å²) in [6.07, 6.45) is 0.774. The van der Waals surface area contributed by atoms with Crippen LogP contribution in [0.3, 0.4) is 0 Å². The van der Waals surface area contributed by atoms with Crippen LogP contribution in [0.5, 0.6) is 5.75 Å². The number of hydrogen-bond donors (Lipinski definition) is 1. The number of carbonyl (C=O) groups is 2. The van der Waals surface area contributed by atoms with Gasteiger partial charge in [0.25, 0.3) is 5.91 Å². The number of rotatable bonds is 3. The Labute approximate surface area is 161 Å². The molecule has 2 heterocycles. The van der Waals surface area contributed by atoms with Crippen molar-refractivity contribution >= 4 is 11.8 Å². The molecule has 1 unspecified atom stereocenters. The highest BCUT2D eigenvalue weighted by molar-refractivity contribution is 5.93. The second-order valence-corrected chi connectivity index (χ2v) is 7.14. The van der Waals surface area contributed by atoms with Crippen LogP contribution in [0.1, 0.15) is 22.5 Å². The van der Waals surface area contributed by atoms with E-state index in [-0.39, 0.29) is 28.8 Å². The molecule has 1 saturated carbocycles. The lowest BCUT2D eigenvalue weighted by Gasteiger charge is -2.11. The summed E-state index contributed by atoms with van der Waals surface area (Å²) in [5.41, 5.74) is 5.64. The van der Waals surface area contributed by atoms with Crippen LogP contribution >= 0.6 is 0 Å². The van der Waals surface area contributed by atoms with Gasteiger partial charge in [0.15, 0.2) is 0 Å². The molecular weight excluding hydrogens is 361 g/mol. The van der Waals surface area contributed by atoms with Gasteiger partial charge in [-0.05, 0) is 24.6 Å². The molecule has 0 radical (unpaired) electrons. The van der Waals surface area contributed by atoms with E-state index in [2.05, 4.69) is 16.8 Å². The van der Waals surface area contributed by atoms with E-state index in [0.29, 0.717) is 11.3 Å². The molecule has 2 aromatic rings. The number of ether oxygens (including phenoxy) is 1. The molecule has 7 heteroatoms. The number of likely N-dealkylation sites (tertiary alicyclic amines) is 1. The Bertz CT molecular complexity index is 1070. The number of piperidine rings is 1. The van der Waals surface area contributed by atoms with Crippen molar-refractivity contribution < 1.29 is 18.7 Å². The number of halogens is 1. The number of pyridine rings is 1. The van der Waals surface area contributed by atoms with Crippen molar-refractivity contribution in [1.82, 2.24) is 9.88 Å². The van der Waals surface area contributed by atoms with Crippen molar-refractivity contribution in [3.8, 4) is 28.8 Å². The first-order valence-corrected chi connectivity index (χ1v) is 8.78. The van der Waals surface area contributed by atoms with Crippen molar-refractivity contribution in [3.05, 3.63) is 47.4 Å². The average molecular weight is 379 g/mol. The second-order valence-electron chi connectivity index (χ2n) is 7.14. The van der Waals surface area contributed by atoms with Gasteiger partial charge in [0.1, 0.15) is 22.7 Å². The zero-order valence-electron chi connectivity index (χ0n) is 15.5. The van der Waals surface area contributed by atoms with Crippen LogP contribution in [0, 0.1) is 29.0 Å². The van der Waals surface area contributed by atoms with Crippen LogP contribution in [0.25, 0.3) is 11.3 Å². The van der Waals surface area contributed by atoms with Crippen LogP contribution in [0.4, 0.5) is 4.39 Å². The Morgan fingerprint density at radius 3 is 2.82 bits per heavy atom. The summed E-state index contributed by atoms with van der Waals surface area (Å²) in [5.74, 6) is 5.52. The quantitative estimate of drug-likeness (QED) is 0.825. The number of methoxy groups -OCH3 is 1. The smallest absolute Gasteiger partial charge is 0.267 e. The zero-order valence-corrected chi connectivity index (χ0v) is 15.5. The van der Waals surface area contributed by atoms with Crippen molar-refractivity contribution in [1.29, 1.82) is 0 Å². The molecule has 0 spiro atoms. The van der Waals surface area contributed by atoms with Crippen LogP contribution in [0.15, 0.2) is 30.3 Å². The van der Waals surface area contributed by atoms with Gasteiger partial charge in [0.05, 0.1) is 12.8 Å². The molecule has 2 aliphatic rings. The van der Waals surface area contributed by atoms with E-state index in [9.17, 15) is 14.0 Å². The molecule has 4 rings (SSSR count). The number of aromatic nitrogens is 1. The van der Waals surface area contributed by atoms with Crippen molar-refractivity contribution in [2.75, 3.05) is 20.7 Å². The van der Waals surface area contributed by atoms with Gasteiger partial charge in [0.2, 0.25) is 5.91 Å². The number of benzene rings is 1. The van der Waals surface area contributed by atoms with E-state index < -0.39 is 17.1 Å². The Hall–Kier alpha value is -3.40. The molecule has 142 valence electrons. The SMILES string of the molecule is COc1cc(C(N)=O)nc(-c2cc(C#C[C@]34CC3CN(C)C4=O)ccc2F)c1. The highest BCUT2D eigenvalue weighted by atomic mass is 19.1. The average Bonchev–Trinajstić information content (AvgIpc) is 3.33. The van der Waals surface area contributed by atoms with Crippen LogP contribution in [-0.4, -0.2) is 42.4 Å². The topological polar surface area (TPSA) is 85.5 Å². The molecule has 28 heavy (non-hydrogen) atoms. The highest BCUT2D eigenvalue weighted by Crippen LogP contribution is 2.57. The number of carbonyl (C=O) groups excluding carboxylic acids is 2. The normalized spacial score (nSPS) is 22.3. The molecule has 1 aliphatic heterocycles. The van der Waals surface area contributed by atoms with Crippen LogP contribution < -0.4 is 10.5 Å². The lowest BCUT2D eigenvalue weighted by atomic mass is 10.0. The minimum Gasteiger partial charge on any atom is -0.497 e. The fourth-order valence-electron chi connectivity index (χ4n) is 3.64. The van der Waals surface area contributed by atoms with Gasteiger partial charge in [-0.3, -0.25) is 9.59 Å². The van der Waals surface area contributed by atoms with Crippen molar-refractivity contribution in [3.63, 3.8) is 0 Å². The summed E-state index contributed by atoms with van der Waals surface area (Å²) in [6.45, 7) is 0.728. The molecule has 6 nitrogen and oxygen atoms in total. The molecule has 2 amide bonds. The Morgan fingerprint density at radius 2 is 2.18 bits per heavy atom. The first-order valence-electron chi connectivity index (χ1n) is 8.78. The maximum absolute atomic E-state index is 14.5. The molecule has 0 bridgehead atoms. The lowest BCUT2D eigenvalue weighted by Crippen LogP contribution is -2.27. The predicted octanol–water partition coefficient (Wildman–Crippen LogP) is 1.82. The zero-order chi connectivity index (χ0) is 20.1. The third-order valence-corrected chi connectivity index (χ3v) is 5.29. The van der Waals surface area contributed by atoms with Crippen molar-refractivity contribution in [2.45, 2.75) is 6.42 Å². The maximum Gasteiger partial charge on any atom is 0.267 e. The summed E-state index contributed by atoms with van der Waals surface area (Å²) >= 11 is 0. The number of nitrogens with zero attached hydrogens (tertiary/aromatic N) is 2. The second kappa shape index (κ2) is 6.34. The molecule has 2 N–H and O–H groups in total. The Morgan fingerprint density at radius 1 is 1.39 bits per heavy atom. The molecule has 1 aromatic carbocycles. The van der Waals surface area contributed by atoms with Crippen LogP contribution in [-0.2, 0) is 4.79 Å². The monoisotopic (exact) mass is 379 g/mol. The summed E-state index contributed by atoms with van der Waals surface area (Å²) in [7, 11) is 3.21. The molecule has 1 aromatic heterocycles. The fourth-order valence-corrected chi connectivity index (χ4v) is 3.64. The summed E-state index contributed by atoms with van der Waals surface area (Å²) in [6, 6.07) is 7.30. The standard InChI is InChI=1S/C21H18FN3O3/c1-25-11-13-10-21(13,20(25)27)6-5-12-3-4-16(22)15(7-12)17-8-14(28-2)9-18(24-17)19(23)26/h3-4,7-9,13H,10-11H2,1-2H3,(H2,23,26)/t13?,21-/m0/s1. The first kappa shape index (κ1) is 18.0. The lowest BCUT2D eigenvalue weighted by molar-refractivity contribution is -0.130. The fraction of sp³-hybridized carbons (Fsp3) is 0.286. The van der Waals surface area contributed by atoms with Gasteiger partial charge in [-0.25, -0.2) is 9.37 Å². The van der Waals surface area contributed by atoms with Gasteiger partial charge in [-0.1, -0.05) is 11.8 Å². The molecule has 1 aliphatic carbocycles. The molecular formula is C21H18FN3O3. The van der Waals surface area contributed by atoms with E-state index in [0.717, 1.165) is 13.0 Å². The van der Waals surface area contributed by atoms with Gasteiger partial charge < -0.3 is 15.4 Å². The highest BCUT2D eigenvalue weighted by Gasteiger charge is 2.65. The number of nitrogens with two attached hydrogens (primary N) is 1. The van der Waals surface area contributed by atoms with E-state index in [4.69, 9.17) is 10.5 Å². The van der Waals surface area contributed by atoms with Gasteiger partial charge in [-0.2, -0.15) is 0 Å². The van der Waals surface area contributed by atoms with Gasteiger partial charge in [0, 0.05) is 42.8 Å². The predicted molar refractivity (Wildman–Crippen MR) is 99.8 cm³/mol. The van der Waals surface area contributed by atoms with E-state index in [1.165, 1.54) is 25.3 Å². The molecule has 1 saturated heterocycles. The summed E-state index contributed by atoms with van der Waals surface area (Å²) < 4.78 is 19.6. The number of fused-ring (bicyclic) bond motifs is 1. The minimum atomic E-state index is -0.737. The van der Waals surface area contributed by atoms with E-state index in [1.54, 1.807) is 24.1 Å². The summed E-state index contributed by atoms with van der Waals surface area (Å²) in [5, 5.41) is 0. The number of amides is 2. The van der Waals surface area contributed by atoms with E-state index >= 15 is 0 Å². The van der Waals surface area contributed by atoms with Gasteiger partial charge in [-0.15, -0.1) is 0 Å². The Kier molecular flexibility index (Phi) is 4.07. The largest absolute Gasteiger partial charge is 0.497 e. The Balaban J connectivity index is 1.72. The van der Waals surface area contributed by atoms with E-state index in [1.807, 2.05) is 0 Å². The van der Waals surface area contributed by atoms with Crippen LogP contribution in [0.2, 0.25) is 0 Å². The molecule has 2 fully saturated rings. The summed E-state index contributed by atoms with van der Waals surface area (Å²) in [4.78, 5) is 29.6. The third kappa shape index (κ3) is 2.87. The maximum atomic E-state index is 14.5. The molecule has 2 atom stereocenters. The number of hydrogen-bond acceptors (Lipinski definition) is 4. The minimum absolute atomic E-state index is 0.0236. The van der Waals surface area contributed by atoms with Crippen molar-refractivity contribution in [2.24, 2.45) is 17.1 Å². The van der Waals surface area contributed by atoms with Gasteiger partial charge >= 0.3 is 0 Å². The number of primary amides is 1. The first-order chi connectivity index (χ1) is 13.3.